The molecule has 3 N–H and O–H groups in total. The van der Waals surface area contributed by atoms with Crippen molar-refractivity contribution in [1.29, 1.82) is 0 Å². The van der Waals surface area contributed by atoms with Crippen LogP contribution in [0, 0.1) is 0 Å². The van der Waals surface area contributed by atoms with E-state index < -0.39 is 11.9 Å². The predicted octanol–water partition coefficient (Wildman–Crippen LogP) is 1.31. The lowest BCUT2D eigenvalue weighted by molar-refractivity contribution is -0.114. The van der Waals surface area contributed by atoms with E-state index in [9.17, 15) is 19.5 Å². The third-order valence-electron chi connectivity index (χ3n) is 3.08. The molecule has 0 aliphatic heterocycles. The molecule has 0 radical (unpaired) electrons. The predicted molar refractivity (Wildman–Crippen MR) is 74.7 cm³/mol. The molecular formula is C15H16O6. The SMILES string of the molecule is C=CC(=O)CCc1ccc(C(=O)O)c(C(=O)O)c1CCO. The molecule has 0 saturated carbocycles. The van der Waals surface area contributed by atoms with E-state index in [4.69, 9.17) is 10.2 Å². The van der Waals surface area contributed by atoms with E-state index in [0.717, 1.165) is 0 Å². The maximum Gasteiger partial charge on any atom is 0.336 e. The van der Waals surface area contributed by atoms with Crippen molar-refractivity contribution < 1.29 is 29.7 Å². The highest BCUT2D eigenvalue weighted by molar-refractivity contribution is 6.03. The van der Waals surface area contributed by atoms with Crippen LogP contribution >= 0.6 is 0 Å². The number of carbonyl (C=O) groups excluding carboxylic acids is 1. The summed E-state index contributed by atoms with van der Waals surface area (Å²) < 4.78 is 0. The van der Waals surface area contributed by atoms with Gasteiger partial charge in [0.15, 0.2) is 5.78 Å². The van der Waals surface area contributed by atoms with Gasteiger partial charge in [0.1, 0.15) is 0 Å². The van der Waals surface area contributed by atoms with Crippen LogP contribution in [0.1, 0.15) is 38.3 Å². The number of aromatic carboxylic acids is 2. The highest BCUT2D eigenvalue weighted by Crippen LogP contribution is 2.22. The maximum absolute atomic E-state index is 11.3. The van der Waals surface area contributed by atoms with Gasteiger partial charge in [0, 0.05) is 13.0 Å². The molecule has 1 aromatic rings. The van der Waals surface area contributed by atoms with Crippen molar-refractivity contribution in [2.75, 3.05) is 6.61 Å². The lowest BCUT2D eigenvalue weighted by Crippen LogP contribution is -2.15. The van der Waals surface area contributed by atoms with Gasteiger partial charge in [-0.15, -0.1) is 0 Å². The second-order valence-corrected chi connectivity index (χ2v) is 4.38. The molecule has 0 atom stereocenters. The molecule has 0 fully saturated rings. The molecule has 0 heterocycles. The smallest absolute Gasteiger partial charge is 0.336 e. The zero-order valence-electron chi connectivity index (χ0n) is 11.3. The first-order chi connectivity index (χ1) is 9.92. The van der Waals surface area contributed by atoms with Gasteiger partial charge >= 0.3 is 11.9 Å². The molecule has 0 aliphatic carbocycles. The van der Waals surface area contributed by atoms with Crippen LogP contribution in [-0.2, 0) is 17.6 Å². The summed E-state index contributed by atoms with van der Waals surface area (Å²) in [5.74, 6) is -2.91. The van der Waals surface area contributed by atoms with Gasteiger partial charge in [-0.25, -0.2) is 9.59 Å². The Morgan fingerprint density at radius 1 is 1.10 bits per heavy atom. The van der Waals surface area contributed by atoms with Gasteiger partial charge in [-0.05, 0) is 36.1 Å². The highest BCUT2D eigenvalue weighted by atomic mass is 16.4. The van der Waals surface area contributed by atoms with E-state index in [1.807, 2.05) is 0 Å². The minimum Gasteiger partial charge on any atom is -0.478 e. The lowest BCUT2D eigenvalue weighted by Gasteiger charge is -2.14. The average Bonchev–Trinajstić information content (AvgIpc) is 2.44. The second-order valence-electron chi connectivity index (χ2n) is 4.38. The van der Waals surface area contributed by atoms with Crippen molar-refractivity contribution in [3.8, 4) is 0 Å². The number of aryl methyl sites for hydroxylation is 1. The molecule has 1 aromatic carbocycles. The molecule has 0 unspecified atom stereocenters. The van der Waals surface area contributed by atoms with Crippen molar-refractivity contribution >= 4 is 17.7 Å². The summed E-state index contributed by atoms with van der Waals surface area (Å²) in [5, 5.41) is 27.4. The Bertz CT molecular complexity index is 588. The van der Waals surface area contributed by atoms with Crippen LogP contribution in [0.4, 0.5) is 0 Å². The molecule has 21 heavy (non-hydrogen) atoms. The summed E-state index contributed by atoms with van der Waals surface area (Å²) >= 11 is 0. The Hall–Kier alpha value is -2.47. The van der Waals surface area contributed by atoms with Crippen LogP contribution in [0.5, 0.6) is 0 Å². The van der Waals surface area contributed by atoms with Gasteiger partial charge in [0.25, 0.3) is 0 Å². The normalized spacial score (nSPS) is 10.1. The van der Waals surface area contributed by atoms with E-state index in [-0.39, 0.29) is 48.3 Å². The van der Waals surface area contributed by atoms with Gasteiger partial charge < -0.3 is 15.3 Å². The van der Waals surface area contributed by atoms with Crippen LogP contribution in [0.25, 0.3) is 0 Å². The van der Waals surface area contributed by atoms with Crippen molar-refractivity contribution in [3.05, 3.63) is 47.0 Å². The van der Waals surface area contributed by atoms with Crippen molar-refractivity contribution in [2.24, 2.45) is 0 Å². The highest BCUT2D eigenvalue weighted by Gasteiger charge is 2.22. The molecule has 0 aliphatic rings. The number of rotatable bonds is 8. The molecule has 6 heteroatoms. The summed E-state index contributed by atoms with van der Waals surface area (Å²) in [5.41, 5.74) is 0.133. The molecule has 0 aromatic heterocycles. The van der Waals surface area contributed by atoms with E-state index in [2.05, 4.69) is 6.58 Å². The number of ketones is 1. The van der Waals surface area contributed by atoms with Crippen LogP contribution in [0.3, 0.4) is 0 Å². The monoisotopic (exact) mass is 292 g/mol. The second kappa shape index (κ2) is 7.35. The fraction of sp³-hybridized carbons (Fsp3) is 0.267. The standard InChI is InChI=1S/C15H16O6/c1-2-10(17)5-3-9-4-6-12(14(18)19)13(15(20)21)11(9)7-8-16/h2,4,6,16H,1,3,5,7-8H2,(H,18,19)(H,20,21). The number of carboxylic acids is 2. The summed E-state index contributed by atoms with van der Waals surface area (Å²) in [4.78, 5) is 33.7. The minimum atomic E-state index is -1.37. The fourth-order valence-corrected chi connectivity index (χ4v) is 2.10. The van der Waals surface area contributed by atoms with Crippen LogP contribution in [0.15, 0.2) is 24.8 Å². The summed E-state index contributed by atoms with van der Waals surface area (Å²) in [7, 11) is 0. The third kappa shape index (κ3) is 4.00. The number of allylic oxidation sites excluding steroid dienone is 1. The molecule has 1 rings (SSSR count). The number of aliphatic hydroxyl groups is 1. The van der Waals surface area contributed by atoms with Gasteiger partial charge in [0.2, 0.25) is 0 Å². The van der Waals surface area contributed by atoms with Gasteiger partial charge in [-0.2, -0.15) is 0 Å². The topological polar surface area (TPSA) is 112 Å². The van der Waals surface area contributed by atoms with Gasteiger partial charge in [-0.1, -0.05) is 12.6 Å². The zero-order valence-corrected chi connectivity index (χ0v) is 11.3. The van der Waals surface area contributed by atoms with Crippen molar-refractivity contribution in [1.82, 2.24) is 0 Å². The summed E-state index contributed by atoms with van der Waals surface area (Å²) in [6.07, 6.45) is 1.60. The quantitative estimate of drug-likeness (QED) is 0.623. The Labute approximate surface area is 121 Å². The fourth-order valence-electron chi connectivity index (χ4n) is 2.10. The largest absolute Gasteiger partial charge is 0.478 e. The van der Waals surface area contributed by atoms with E-state index >= 15 is 0 Å². The third-order valence-corrected chi connectivity index (χ3v) is 3.08. The molecule has 6 nitrogen and oxygen atoms in total. The van der Waals surface area contributed by atoms with E-state index in [1.165, 1.54) is 18.2 Å². The number of hydrogen-bond donors (Lipinski definition) is 3. The van der Waals surface area contributed by atoms with E-state index in [1.54, 1.807) is 0 Å². The summed E-state index contributed by atoms with van der Waals surface area (Å²) in [6.45, 7) is 3.04. The molecule has 0 spiro atoms. The molecule has 112 valence electrons. The number of carboxylic acid groups (broad SMARTS) is 2. The zero-order chi connectivity index (χ0) is 16.0. The Morgan fingerprint density at radius 2 is 1.76 bits per heavy atom. The average molecular weight is 292 g/mol. The van der Waals surface area contributed by atoms with Gasteiger partial charge in [0.05, 0.1) is 11.1 Å². The Morgan fingerprint density at radius 3 is 2.24 bits per heavy atom. The first-order valence-corrected chi connectivity index (χ1v) is 6.29. The maximum atomic E-state index is 11.3. The molecule has 0 amide bonds. The lowest BCUT2D eigenvalue weighted by atomic mass is 9.91. The van der Waals surface area contributed by atoms with Crippen LogP contribution < -0.4 is 0 Å². The number of aliphatic hydroxyl groups excluding tert-OH is 1. The Kier molecular flexibility index (Phi) is 5.80. The molecule has 0 saturated heterocycles. The summed E-state index contributed by atoms with van der Waals surface area (Å²) in [6, 6.07) is 2.69. The van der Waals surface area contributed by atoms with E-state index in [0.29, 0.717) is 5.56 Å². The van der Waals surface area contributed by atoms with Crippen LogP contribution in [0.2, 0.25) is 0 Å². The molecular weight excluding hydrogens is 276 g/mol. The van der Waals surface area contributed by atoms with Crippen molar-refractivity contribution in [2.45, 2.75) is 19.3 Å². The Balaban J connectivity index is 3.34. The minimum absolute atomic E-state index is 0.0143. The first kappa shape index (κ1) is 16.6. The first-order valence-electron chi connectivity index (χ1n) is 6.29. The number of hydrogen-bond acceptors (Lipinski definition) is 4. The number of benzene rings is 1. The van der Waals surface area contributed by atoms with Gasteiger partial charge in [-0.3, -0.25) is 4.79 Å². The van der Waals surface area contributed by atoms with Crippen LogP contribution in [-0.4, -0.2) is 39.6 Å². The molecule has 0 bridgehead atoms. The van der Waals surface area contributed by atoms with Crippen molar-refractivity contribution in [3.63, 3.8) is 0 Å². The number of carbonyl (C=O) groups is 3.